The van der Waals surface area contributed by atoms with Gasteiger partial charge in [0.2, 0.25) is 0 Å². The Kier molecular flexibility index (Phi) is 6.67. The molecule has 0 fully saturated rings. The van der Waals surface area contributed by atoms with Gasteiger partial charge in [0.05, 0.1) is 30.5 Å². The maximum Gasteiger partial charge on any atom is 0.257 e. The average Bonchev–Trinajstić information content (AvgIpc) is 2.71. The number of amides is 1. The highest BCUT2D eigenvalue weighted by Crippen LogP contribution is 2.23. The number of nitrogens with zero attached hydrogens (tertiary/aromatic N) is 2. The van der Waals surface area contributed by atoms with Gasteiger partial charge >= 0.3 is 0 Å². The number of methoxy groups -OCH3 is 1. The minimum absolute atomic E-state index is 0.188. The summed E-state index contributed by atoms with van der Waals surface area (Å²) in [7, 11) is 5.71. The molecule has 0 spiro atoms. The molecule has 0 aliphatic rings. The van der Waals surface area contributed by atoms with Crippen LogP contribution in [0, 0.1) is 6.92 Å². The van der Waals surface area contributed by atoms with E-state index in [-0.39, 0.29) is 5.91 Å². The Morgan fingerprint density at radius 2 is 1.79 bits per heavy atom. The highest BCUT2D eigenvalue weighted by Gasteiger charge is 2.12. The van der Waals surface area contributed by atoms with Crippen molar-refractivity contribution in [2.75, 3.05) is 39.7 Å². The zero-order chi connectivity index (χ0) is 20.8. The second-order valence-corrected chi connectivity index (χ2v) is 7.16. The number of hydrogen-bond donors (Lipinski definition) is 1. The lowest BCUT2D eigenvalue weighted by molar-refractivity contribution is 0.102. The lowest BCUT2D eigenvalue weighted by atomic mass is 10.1. The van der Waals surface area contributed by atoms with Crippen LogP contribution in [0.25, 0.3) is 10.9 Å². The van der Waals surface area contributed by atoms with E-state index in [1.807, 2.05) is 69.6 Å². The Labute approximate surface area is 171 Å². The highest BCUT2D eigenvalue weighted by atomic mass is 16.5. The molecule has 0 unspecified atom stereocenters. The van der Waals surface area contributed by atoms with E-state index < -0.39 is 0 Å². The van der Waals surface area contributed by atoms with Gasteiger partial charge in [-0.1, -0.05) is 0 Å². The van der Waals surface area contributed by atoms with Crippen LogP contribution in [0.5, 0.6) is 11.5 Å². The molecule has 152 valence electrons. The maximum absolute atomic E-state index is 12.7. The van der Waals surface area contributed by atoms with Crippen molar-refractivity contribution in [2.24, 2.45) is 0 Å². The lowest BCUT2D eigenvalue weighted by Crippen LogP contribution is -2.15. The number of fused-ring (bicyclic) bond motifs is 1. The predicted molar refractivity (Wildman–Crippen MR) is 116 cm³/mol. The molecule has 0 bridgehead atoms. The van der Waals surface area contributed by atoms with E-state index in [1.165, 1.54) is 0 Å². The molecule has 1 amide bonds. The third kappa shape index (κ3) is 5.45. The number of anilines is 1. The van der Waals surface area contributed by atoms with Gasteiger partial charge in [-0.15, -0.1) is 0 Å². The van der Waals surface area contributed by atoms with E-state index in [9.17, 15) is 4.79 Å². The maximum atomic E-state index is 12.7. The van der Waals surface area contributed by atoms with Crippen molar-refractivity contribution in [3.8, 4) is 11.5 Å². The van der Waals surface area contributed by atoms with Crippen molar-refractivity contribution < 1.29 is 14.3 Å². The number of rotatable bonds is 8. The van der Waals surface area contributed by atoms with E-state index in [0.29, 0.717) is 23.6 Å². The minimum atomic E-state index is -0.188. The second-order valence-electron chi connectivity index (χ2n) is 7.16. The first-order valence-corrected chi connectivity index (χ1v) is 9.60. The molecular formula is C23H27N3O3. The molecule has 3 rings (SSSR count). The number of aromatic nitrogens is 1. The van der Waals surface area contributed by atoms with Crippen molar-refractivity contribution in [1.82, 2.24) is 9.88 Å². The molecule has 1 N–H and O–H groups in total. The zero-order valence-corrected chi connectivity index (χ0v) is 17.4. The van der Waals surface area contributed by atoms with Crippen LogP contribution >= 0.6 is 0 Å². The first kappa shape index (κ1) is 20.6. The molecule has 6 heteroatoms. The van der Waals surface area contributed by atoms with Crippen molar-refractivity contribution in [3.63, 3.8) is 0 Å². The molecule has 0 aliphatic carbocycles. The summed E-state index contributed by atoms with van der Waals surface area (Å²) in [5.74, 6) is 1.34. The van der Waals surface area contributed by atoms with Gasteiger partial charge in [0.25, 0.3) is 5.91 Å². The van der Waals surface area contributed by atoms with E-state index >= 15 is 0 Å². The fourth-order valence-electron chi connectivity index (χ4n) is 3.00. The van der Waals surface area contributed by atoms with Crippen LogP contribution in [-0.2, 0) is 0 Å². The molecule has 0 saturated carbocycles. The molecular weight excluding hydrogens is 366 g/mol. The number of benzene rings is 2. The van der Waals surface area contributed by atoms with Gasteiger partial charge in [-0.05, 0) is 69.9 Å². The molecule has 1 heterocycles. The minimum Gasteiger partial charge on any atom is -0.497 e. The van der Waals surface area contributed by atoms with Crippen LogP contribution in [0.2, 0.25) is 0 Å². The summed E-state index contributed by atoms with van der Waals surface area (Å²) < 4.78 is 11.0. The number of ether oxygens (including phenoxy) is 2. The molecule has 0 saturated heterocycles. The number of carbonyl (C=O) groups excluding carboxylic acids is 1. The Morgan fingerprint density at radius 3 is 2.48 bits per heavy atom. The molecule has 1 aromatic heterocycles. The molecule has 29 heavy (non-hydrogen) atoms. The highest BCUT2D eigenvalue weighted by molar-refractivity contribution is 6.06. The fraction of sp³-hybridized carbons (Fsp3) is 0.304. The van der Waals surface area contributed by atoms with Crippen LogP contribution < -0.4 is 14.8 Å². The first-order valence-electron chi connectivity index (χ1n) is 9.60. The molecule has 0 aliphatic heterocycles. The van der Waals surface area contributed by atoms with E-state index in [0.717, 1.165) is 35.4 Å². The topological polar surface area (TPSA) is 63.7 Å². The van der Waals surface area contributed by atoms with Crippen LogP contribution in [-0.4, -0.2) is 50.1 Å². The zero-order valence-electron chi connectivity index (χ0n) is 17.4. The smallest absolute Gasteiger partial charge is 0.257 e. The summed E-state index contributed by atoms with van der Waals surface area (Å²) in [6, 6.07) is 14.9. The summed E-state index contributed by atoms with van der Waals surface area (Å²) in [5.41, 5.74) is 2.73. The number of aryl methyl sites for hydroxylation is 1. The van der Waals surface area contributed by atoms with Gasteiger partial charge in [-0.2, -0.15) is 0 Å². The Balaban J connectivity index is 1.66. The van der Waals surface area contributed by atoms with E-state index in [1.54, 1.807) is 7.11 Å². The summed E-state index contributed by atoms with van der Waals surface area (Å²) in [6.07, 6.45) is 0.964. The van der Waals surface area contributed by atoms with Crippen molar-refractivity contribution in [1.29, 1.82) is 0 Å². The molecule has 3 aromatic rings. The molecule has 0 radical (unpaired) electrons. The SMILES string of the molecule is COc1ccc2cc(C(=O)Nc3ccc(OCCCN(C)C)cc3)c(C)nc2c1. The van der Waals surface area contributed by atoms with Crippen molar-refractivity contribution in [2.45, 2.75) is 13.3 Å². The monoisotopic (exact) mass is 393 g/mol. The number of hydrogen-bond acceptors (Lipinski definition) is 5. The molecule has 6 nitrogen and oxygen atoms in total. The second kappa shape index (κ2) is 9.39. The standard InChI is InChI=1S/C23H27N3O3/c1-16-21(14-17-6-9-20(28-4)15-22(17)24-16)23(27)25-18-7-10-19(11-8-18)29-13-5-12-26(2)3/h6-11,14-15H,5,12-13H2,1-4H3,(H,25,27). The average molecular weight is 393 g/mol. The van der Waals surface area contributed by atoms with Gasteiger partial charge in [0.15, 0.2) is 0 Å². The van der Waals surface area contributed by atoms with Gasteiger partial charge in [-0.25, -0.2) is 0 Å². The lowest BCUT2D eigenvalue weighted by Gasteiger charge is -2.12. The normalized spacial score (nSPS) is 10.9. The van der Waals surface area contributed by atoms with Crippen molar-refractivity contribution in [3.05, 3.63) is 59.8 Å². The summed E-state index contributed by atoms with van der Waals surface area (Å²) >= 11 is 0. The van der Waals surface area contributed by atoms with Crippen LogP contribution in [0.15, 0.2) is 48.5 Å². The predicted octanol–water partition coefficient (Wildman–Crippen LogP) is 4.13. The Bertz CT molecular complexity index is 985. The molecule has 2 aromatic carbocycles. The first-order chi connectivity index (χ1) is 14.0. The largest absolute Gasteiger partial charge is 0.497 e. The fourth-order valence-corrected chi connectivity index (χ4v) is 3.00. The Morgan fingerprint density at radius 1 is 1.07 bits per heavy atom. The van der Waals surface area contributed by atoms with Crippen LogP contribution in [0.1, 0.15) is 22.5 Å². The van der Waals surface area contributed by atoms with Gasteiger partial charge < -0.3 is 19.7 Å². The Hall–Kier alpha value is -3.12. The van der Waals surface area contributed by atoms with Gasteiger partial charge in [0, 0.05) is 23.7 Å². The summed E-state index contributed by atoms with van der Waals surface area (Å²) in [4.78, 5) is 19.4. The number of nitrogens with one attached hydrogen (secondary N) is 1. The number of carbonyl (C=O) groups is 1. The number of pyridine rings is 1. The van der Waals surface area contributed by atoms with Crippen LogP contribution in [0.3, 0.4) is 0 Å². The van der Waals surface area contributed by atoms with Crippen molar-refractivity contribution >= 4 is 22.5 Å². The quantitative estimate of drug-likeness (QED) is 0.583. The molecule has 0 atom stereocenters. The summed E-state index contributed by atoms with van der Waals surface area (Å²) in [6.45, 7) is 3.48. The van der Waals surface area contributed by atoms with Crippen LogP contribution in [0.4, 0.5) is 5.69 Å². The summed E-state index contributed by atoms with van der Waals surface area (Å²) in [5, 5.41) is 3.82. The van der Waals surface area contributed by atoms with E-state index in [4.69, 9.17) is 9.47 Å². The van der Waals surface area contributed by atoms with E-state index in [2.05, 4.69) is 15.2 Å². The third-order valence-electron chi connectivity index (χ3n) is 4.59. The third-order valence-corrected chi connectivity index (χ3v) is 4.59. The van der Waals surface area contributed by atoms with Gasteiger partial charge in [0.1, 0.15) is 11.5 Å². The van der Waals surface area contributed by atoms with Gasteiger partial charge in [-0.3, -0.25) is 9.78 Å².